The molecule has 0 bridgehead atoms. The third-order valence-corrected chi connectivity index (χ3v) is 3.90. The van der Waals surface area contributed by atoms with Crippen LogP contribution in [0.15, 0.2) is 29.0 Å². The lowest BCUT2D eigenvalue weighted by atomic mass is 10.0. The van der Waals surface area contributed by atoms with E-state index < -0.39 is 0 Å². The Balaban J connectivity index is 1.87. The average Bonchev–Trinajstić information content (AvgIpc) is 2.49. The highest BCUT2D eigenvalue weighted by Gasteiger charge is 2.16. The number of nitrogens with one attached hydrogen (secondary N) is 2. The monoisotopic (exact) mass is 348 g/mol. The average molecular weight is 349 g/mol. The van der Waals surface area contributed by atoms with Gasteiger partial charge in [-0.1, -0.05) is 0 Å². The van der Waals surface area contributed by atoms with Gasteiger partial charge in [-0.05, 0) is 46.1 Å². The molecular formula is C14H13BrN4O2. The van der Waals surface area contributed by atoms with E-state index in [0.29, 0.717) is 34.8 Å². The van der Waals surface area contributed by atoms with E-state index in [1.807, 2.05) is 12.1 Å². The maximum Gasteiger partial charge on any atom is 0.238 e. The molecule has 21 heavy (non-hydrogen) atoms. The number of nitrogens with zero attached hydrogens (tertiary/aromatic N) is 2. The third kappa shape index (κ3) is 2.82. The van der Waals surface area contributed by atoms with Crippen molar-refractivity contribution in [3.8, 4) is 11.6 Å². The molecule has 3 rings (SSSR count). The molecule has 2 N–H and O–H groups in total. The van der Waals surface area contributed by atoms with Crippen molar-refractivity contribution < 1.29 is 9.53 Å². The van der Waals surface area contributed by atoms with Gasteiger partial charge >= 0.3 is 0 Å². The fourth-order valence-electron chi connectivity index (χ4n) is 2.13. The van der Waals surface area contributed by atoms with Gasteiger partial charge in [-0.3, -0.25) is 4.79 Å². The van der Waals surface area contributed by atoms with Gasteiger partial charge in [0.05, 0.1) is 0 Å². The number of halogens is 1. The van der Waals surface area contributed by atoms with Crippen LogP contribution >= 0.6 is 15.9 Å². The predicted octanol–water partition coefficient (Wildman–Crippen LogP) is 2.96. The normalized spacial score (nSPS) is 13.3. The summed E-state index contributed by atoms with van der Waals surface area (Å²) in [5.74, 6) is 1.82. The number of carbonyl (C=O) groups excluding carboxylic acids is 1. The first-order chi connectivity index (χ1) is 10.2. The van der Waals surface area contributed by atoms with E-state index in [4.69, 9.17) is 4.74 Å². The number of aryl methyl sites for hydroxylation is 1. The number of aromatic nitrogens is 2. The van der Waals surface area contributed by atoms with Crippen LogP contribution in [0.3, 0.4) is 0 Å². The van der Waals surface area contributed by atoms with Crippen molar-refractivity contribution in [2.45, 2.75) is 12.8 Å². The molecule has 108 valence electrons. The summed E-state index contributed by atoms with van der Waals surface area (Å²) in [4.78, 5) is 19.5. The number of amides is 1. The van der Waals surface area contributed by atoms with Gasteiger partial charge in [-0.25, -0.2) is 9.97 Å². The van der Waals surface area contributed by atoms with Crippen molar-refractivity contribution in [1.82, 2.24) is 9.97 Å². The Morgan fingerprint density at radius 2 is 2.19 bits per heavy atom. The molecule has 0 unspecified atom stereocenters. The number of hydrogen-bond donors (Lipinski definition) is 2. The van der Waals surface area contributed by atoms with Gasteiger partial charge in [0.2, 0.25) is 11.8 Å². The summed E-state index contributed by atoms with van der Waals surface area (Å²) in [6.07, 6.45) is 2.65. The number of carbonyl (C=O) groups is 1. The third-order valence-electron chi connectivity index (χ3n) is 3.18. The standard InChI is InChI=1S/C14H13BrN4O2/c1-16-13-12(15)14(18-7-17-13)21-9-3-4-10-8(6-9)2-5-11(20)19-10/h3-4,6-7H,2,5H2,1H3,(H,19,20)(H,16,17,18). The molecule has 0 spiro atoms. The van der Waals surface area contributed by atoms with E-state index in [9.17, 15) is 4.79 Å². The number of anilines is 2. The molecule has 1 amide bonds. The largest absolute Gasteiger partial charge is 0.438 e. The first kappa shape index (κ1) is 13.8. The summed E-state index contributed by atoms with van der Waals surface area (Å²) in [7, 11) is 1.78. The number of benzene rings is 1. The topological polar surface area (TPSA) is 76.1 Å². The van der Waals surface area contributed by atoms with Crippen LogP contribution in [-0.4, -0.2) is 22.9 Å². The summed E-state index contributed by atoms with van der Waals surface area (Å²) in [6.45, 7) is 0. The summed E-state index contributed by atoms with van der Waals surface area (Å²) < 4.78 is 6.46. The number of fused-ring (bicyclic) bond motifs is 1. The number of hydrogen-bond acceptors (Lipinski definition) is 5. The second kappa shape index (κ2) is 5.69. The Morgan fingerprint density at radius 3 is 3.00 bits per heavy atom. The van der Waals surface area contributed by atoms with Crippen LogP contribution in [0.1, 0.15) is 12.0 Å². The minimum absolute atomic E-state index is 0.0494. The first-order valence-corrected chi connectivity index (χ1v) is 7.25. The molecule has 1 aliphatic heterocycles. The van der Waals surface area contributed by atoms with Crippen molar-refractivity contribution in [3.63, 3.8) is 0 Å². The smallest absolute Gasteiger partial charge is 0.238 e. The molecule has 6 nitrogen and oxygen atoms in total. The fourth-order valence-corrected chi connectivity index (χ4v) is 2.62. The number of ether oxygens (including phenoxy) is 1. The Morgan fingerprint density at radius 1 is 1.33 bits per heavy atom. The molecular weight excluding hydrogens is 336 g/mol. The zero-order chi connectivity index (χ0) is 14.8. The molecule has 0 saturated heterocycles. The van der Waals surface area contributed by atoms with Gasteiger partial charge in [0.1, 0.15) is 22.4 Å². The lowest BCUT2D eigenvalue weighted by Gasteiger charge is -2.17. The maximum atomic E-state index is 11.3. The van der Waals surface area contributed by atoms with Crippen LogP contribution in [0.4, 0.5) is 11.5 Å². The zero-order valence-electron chi connectivity index (χ0n) is 11.3. The molecule has 1 aliphatic rings. The van der Waals surface area contributed by atoms with Gasteiger partial charge in [0.15, 0.2) is 0 Å². The lowest BCUT2D eigenvalue weighted by molar-refractivity contribution is -0.116. The van der Waals surface area contributed by atoms with E-state index in [1.54, 1.807) is 13.1 Å². The molecule has 0 fully saturated rings. The van der Waals surface area contributed by atoms with Crippen molar-refractivity contribution in [2.24, 2.45) is 0 Å². The number of rotatable bonds is 3. The van der Waals surface area contributed by atoms with Crippen LogP contribution in [0.25, 0.3) is 0 Å². The van der Waals surface area contributed by atoms with Crippen LogP contribution in [0.2, 0.25) is 0 Å². The summed E-state index contributed by atoms with van der Waals surface area (Å²) >= 11 is 3.41. The maximum absolute atomic E-state index is 11.3. The summed E-state index contributed by atoms with van der Waals surface area (Å²) in [5, 5.41) is 5.79. The fraction of sp³-hybridized carbons (Fsp3) is 0.214. The van der Waals surface area contributed by atoms with Gasteiger partial charge < -0.3 is 15.4 Å². The SMILES string of the molecule is CNc1ncnc(Oc2ccc3c(c2)CCC(=O)N3)c1Br. The Kier molecular flexibility index (Phi) is 3.74. The molecule has 0 radical (unpaired) electrons. The second-order valence-corrected chi connectivity index (χ2v) is 5.35. The minimum Gasteiger partial charge on any atom is -0.438 e. The van der Waals surface area contributed by atoms with Crippen LogP contribution in [-0.2, 0) is 11.2 Å². The quantitative estimate of drug-likeness (QED) is 0.891. The van der Waals surface area contributed by atoms with Crippen molar-refractivity contribution in [1.29, 1.82) is 0 Å². The summed E-state index contributed by atoms with van der Waals surface area (Å²) in [6, 6.07) is 5.57. The van der Waals surface area contributed by atoms with E-state index in [-0.39, 0.29) is 5.91 Å². The predicted molar refractivity (Wildman–Crippen MR) is 82.7 cm³/mol. The molecule has 1 aromatic heterocycles. The Labute approximate surface area is 130 Å². The van der Waals surface area contributed by atoms with Crippen molar-refractivity contribution >= 4 is 33.3 Å². The molecule has 1 aromatic carbocycles. The second-order valence-electron chi connectivity index (χ2n) is 4.56. The van der Waals surface area contributed by atoms with Crippen LogP contribution in [0.5, 0.6) is 11.6 Å². The van der Waals surface area contributed by atoms with Crippen LogP contribution < -0.4 is 15.4 Å². The van der Waals surface area contributed by atoms with E-state index >= 15 is 0 Å². The van der Waals surface area contributed by atoms with E-state index in [0.717, 1.165) is 11.3 Å². The molecule has 0 atom stereocenters. The van der Waals surface area contributed by atoms with Gasteiger partial charge in [-0.15, -0.1) is 0 Å². The van der Waals surface area contributed by atoms with Crippen molar-refractivity contribution in [2.75, 3.05) is 17.7 Å². The Bertz CT molecular complexity index is 705. The molecule has 2 heterocycles. The highest BCUT2D eigenvalue weighted by Crippen LogP contribution is 2.33. The molecule has 7 heteroatoms. The molecule has 2 aromatic rings. The minimum atomic E-state index is 0.0494. The van der Waals surface area contributed by atoms with Crippen LogP contribution in [0, 0.1) is 0 Å². The van der Waals surface area contributed by atoms with Gasteiger partial charge in [-0.2, -0.15) is 0 Å². The van der Waals surface area contributed by atoms with Gasteiger partial charge in [0.25, 0.3) is 0 Å². The highest BCUT2D eigenvalue weighted by molar-refractivity contribution is 9.10. The molecule has 0 aliphatic carbocycles. The highest BCUT2D eigenvalue weighted by atomic mass is 79.9. The Hall–Kier alpha value is -2.15. The lowest BCUT2D eigenvalue weighted by Crippen LogP contribution is -2.18. The van der Waals surface area contributed by atoms with Crippen molar-refractivity contribution in [3.05, 3.63) is 34.6 Å². The zero-order valence-corrected chi connectivity index (χ0v) is 12.9. The molecule has 0 saturated carbocycles. The first-order valence-electron chi connectivity index (χ1n) is 6.46. The van der Waals surface area contributed by atoms with E-state index in [2.05, 4.69) is 36.5 Å². The summed E-state index contributed by atoms with van der Waals surface area (Å²) in [5.41, 5.74) is 1.90. The van der Waals surface area contributed by atoms with E-state index in [1.165, 1.54) is 6.33 Å². The van der Waals surface area contributed by atoms with Gasteiger partial charge in [0, 0.05) is 19.2 Å².